The van der Waals surface area contributed by atoms with Crippen molar-refractivity contribution in [2.24, 2.45) is 0 Å². The third-order valence-electron chi connectivity index (χ3n) is 4.47. The van der Waals surface area contributed by atoms with E-state index >= 15 is 0 Å². The Morgan fingerprint density at radius 3 is 2.36 bits per heavy atom. The number of amides is 1. The number of nitrogens with one attached hydrogen (secondary N) is 1. The van der Waals surface area contributed by atoms with Crippen molar-refractivity contribution in [1.29, 1.82) is 0 Å². The molecule has 0 bridgehead atoms. The fraction of sp³-hybridized carbons (Fsp3) is 0.381. The smallest absolute Gasteiger partial charge is 0.240 e. The van der Waals surface area contributed by atoms with Gasteiger partial charge in [-0.05, 0) is 42.5 Å². The maximum Gasteiger partial charge on any atom is 0.240 e. The lowest BCUT2D eigenvalue weighted by Gasteiger charge is -2.24. The molecule has 1 amide bonds. The molecule has 0 aromatic heterocycles. The van der Waals surface area contributed by atoms with Crippen LogP contribution in [0.4, 0.5) is 5.69 Å². The second kappa shape index (κ2) is 10.1. The van der Waals surface area contributed by atoms with Gasteiger partial charge in [-0.3, -0.25) is 9.10 Å². The number of carbonyl (C=O) groups excluding carboxylic acids is 1. The van der Waals surface area contributed by atoms with Crippen molar-refractivity contribution in [3.05, 3.63) is 59.7 Å². The van der Waals surface area contributed by atoms with Gasteiger partial charge in [0.05, 0.1) is 19.1 Å². The normalized spacial score (nSPS) is 11.1. The third-order valence-corrected chi connectivity index (χ3v) is 5.59. The molecule has 28 heavy (non-hydrogen) atoms. The van der Waals surface area contributed by atoms with Gasteiger partial charge in [0, 0.05) is 6.54 Å². The Balaban J connectivity index is 1.95. The topological polar surface area (TPSA) is 75.7 Å². The number of anilines is 1. The lowest BCUT2D eigenvalue weighted by atomic mass is 10.1. The highest BCUT2D eigenvalue weighted by atomic mass is 32.2. The van der Waals surface area contributed by atoms with Crippen LogP contribution in [0.3, 0.4) is 0 Å². The monoisotopic (exact) mass is 404 g/mol. The first-order valence-corrected chi connectivity index (χ1v) is 11.2. The number of rotatable bonds is 10. The van der Waals surface area contributed by atoms with Crippen LogP contribution in [0.15, 0.2) is 48.5 Å². The van der Waals surface area contributed by atoms with E-state index in [0.717, 1.165) is 36.0 Å². The maximum atomic E-state index is 12.4. The van der Waals surface area contributed by atoms with E-state index in [1.54, 1.807) is 19.2 Å². The molecule has 2 aromatic rings. The average Bonchev–Trinajstić information content (AvgIpc) is 2.68. The molecule has 0 radical (unpaired) electrons. The Hall–Kier alpha value is -2.54. The zero-order chi connectivity index (χ0) is 20.6. The van der Waals surface area contributed by atoms with Gasteiger partial charge in [0.2, 0.25) is 15.9 Å². The van der Waals surface area contributed by atoms with Crippen molar-refractivity contribution in [1.82, 2.24) is 5.32 Å². The number of hydrogen-bond acceptors (Lipinski definition) is 4. The van der Waals surface area contributed by atoms with Crippen LogP contribution in [0, 0.1) is 0 Å². The summed E-state index contributed by atoms with van der Waals surface area (Å²) in [6.45, 7) is 2.19. The van der Waals surface area contributed by atoms with E-state index in [-0.39, 0.29) is 12.5 Å². The molecular formula is C21H28N2O4S. The summed E-state index contributed by atoms with van der Waals surface area (Å²) in [6.07, 6.45) is 3.30. The molecule has 1 N–H and O–H groups in total. The van der Waals surface area contributed by atoms with Gasteiger partial charge in [-0.15, -0.1) is 0 Å². The summed E-state index contributed by atoms with van der Waals surface area (Å²) in [7, 11) is -1.94. The molecule has 2 aromatic carbocycles. The van der Waals surface area contributed by atoms with Crippen LogP contribution < -0.4 is 14.4 Å². The van der Waals surface area contributed by atoms with Gasteiger partial charge in [-0.25, -0.2) is 8.42 Å². The number of nitrogens with zero attached hydrogens (tertiary/aromatic N) is 1. The van der Waals surface area contributed by atoms with Gasteiger partial charge in [0.25, 0.3) is 0 Å². The first kappa shape index (κ1) is 21.8. The van der Waals surface area contributed by atoms with Gasteiger partial charge in [0.15, 0.2) is 0 Å². The molecule has 0 fully saturated rings. The molecule has 0 heterocycles. The minimum Gasteiger partial charge on any atom is -0.496 e. The Morgan fingerprint density at radius 1 is 1.07 bits per heavy atom. The summed E-state index contributed by atoms with van der Waals surface area (Å²) in [6, 6.07) is 15.0. The van der Waals surface area contributed by atoms with E-state index in [4.69, 9.17) is 4.74 Å². The molecule has 0 spiro atoms. The number of para-hydroxylation sites is 2. The highest BCUT2D eigenvalue weighted by Gasteiger charge is 2.22. The van der Waals surface area contributed by atoms with Crippen molar-refractivity contribution in [3.63, 3.8) is 0 Å². The van der Waals surface area contributed by atoms with Crippen LogP contribution in [0.5, 0.6) is 5.75 Å². The molecule has 2 rings (SSSR count). The third kappa shape index (κ3) is 5.99. The molecule has 7 heteroatoms. The predicted octanol–water partition coefficient (Wildman–Crippen LogP) is 2.77. The molecule has 0 atom stereocenters. The van der Waals surface area contributed by atoms with E-state index < -0.39 is 10.0 Å². The van der Waals surface area contributed by atoms with Gasteiger partial charge >= 0.3 is 0 Å². The molecule has 0 unspecified atom stereocenters. The number of benzene rings is 2. The fourth-order valence-electron chi connectivity index (χ4n) is 3.04. The van der Waals surface area contributed by atoms with Gasteiger partial charge in [-0.1, -0.05) is 43.3 Å². The zero-order valence-electron chi connectivity index (χ0n) is 16.6. The fourth-order valence-corrected chi connectivity index (χ4v) is 3.92. The number of aryl methyl sites for hydroxylation is 2. The van der Waals surface area contributed by atoms with E-state index in [9.17, 15) is 13.2 Å². The van der Waals surface area contributed by atoms with Crippen molar-refractivity contribution in [2.75, 3.05) is 30.8 Å². The standard InChI is InChI=1S/C21H28N2O4S/c1-4-17-10-5-7-13-19(17)23(28(3,25)26)16-21(24)22-15-9-12-18-11-6-8-14-20(18)27-2/h5-8,10-11,13-14H,4,9,12,15-16H2,1-3H3,(H,22,24). The lowest BCUT2D eigenvalue weighted by Crippen LogP contribution is -2.41. The van der Waals surface area contributed by atoms with Crippen LogP contribution in [0.25, 0.3) is 0 Å². The van der Waals surface area contributed by atoms with Gasteiger partial charge in [-0.2, -0.15) is 0 Å². The molecule has 0 aliphatic rings. The Bertz CT molecular complexity index is 897. The summed E-state index contributed by atoms with van der Waals surface area (Å²) < 4.78 is 31.0. The molecule has 0 saturated carbocycles. The Kier molecular flexibility index (Phi) is 7.87. The number of sulfonamides is 1. The molecule has 6 nitrogen and oxygen atoms in total. The number of hydrogen-bond donors (Lipinski definition) is 1. The van der Waals surface area contributed by atoms with Crippen LogP contribution >= 0.6 is 0 Å². The minimum absolute atomic E-state index is 0.232. The van der Waals surface area contributed by atoms with E-state index in [0.29, 0.717) is 18.7 Å². The van der Waals surface area contributed by atoms with Crippen molar-refractivity contribution < 1.29 is 17.9 Å². The van der Waals surface area contributed by atoms with Gasteiger partial charge in [0.1, 0.15) is 12.3 Å². The predicted molar refractivity (Wildman–Crippen MR) is 112 cm³/mol. The SMILES string of the molecule is CCc1ccccc1N(CC(=O)NCCCc1ccccc1OC)S(C)(=O)=O. The summed E-state index contributed by atoms with van der Waals surface area (Å²) in [5.74, 6) is 0.504. The van der Waals surface area contributed by atoms with E-state index in [1.165, 1.54) is 4.31 Å². The second-order valence-electron chi connectivity index (χ2n) is 6.52. The van der Waals surface area contributed by atoms with Gasteiger partial charge < -0.3 is 10.1 Å². The quantitative estimate of drug-likeness (QED) is 0.618. The molecular weight excluding hydrogens is 376 g/mol. The average molecular weight is 405 g/mol. The summed E-state index contributed by atoms with van der Waals surface area (Å²) in [4.78, 5) is 12.4. The van der Waals surface area contributed by atoms with E-state index in [1.807, 2.05) is 43.3 Å². The Labute approximate surface area is 167 Å². The highest BCUT2D eigenvalue weighted by molar-refractivity contribution is 7.92. The first-order valence-electron chi connectivity index (χ1n) is 9.31. The number of methoxy groups -OCH3 is 1. The van der Waals surface area contributed by atoms with Crippen molar-refractivity contribution in [2.45, 2.75) is 26.2 Å². The molecule has 0 aliphatic carbocycles. The molecule has 0 aliphatic heterocycles. The summed E-state index contributed by atoms with van der Waals surface area (Å²) in [5, 5.41) is 2.81. The molecule has 0 saturated heterocycles. The van der Waals surface area contributed by atoms with Crippen LogP contribution in [-0.4, -0.2) is 40.8 Å². The Morgan fingerprint density at radius 2 is 1.71 bits per heavy atom. The van der Waals surface area contributed by atoms with Crippen LogP contribution in [0.2, 0.25) is 0 Å². The lowest BCUT2D eigenvalue weighted by molar-refractivity contribution is -0.119. The van der Waals surface area contributed by atoms with Crippen LogP contribution in [0.1, 0.15) is 24.5 Å². The summed E-state index contributed by atoms with van der Waals surface area (Å²) >= 11 is 0. The summed E-state index contributed by atoms with van der Waals surface area (Å²) in [5.41, 5.74) is 2.52. The van der Waals surface area contributed by atoms with Crippen LogP contribution in [-0.2, 0) is 27.7 Å². The first-order chi connectivity index (χ1) is 13.4. The van der Waals surface area contributed by atoms with Crippen molar-refractivity contribution >= 4 is 21.6 Å². The van der Waals surface area contributed by atoms with Crippen molar-refractivity contribution in [3.8, 4) is 5.75 Å². The number of ether oxygens (including phenoxy) is 1. The zero-order valence-corrected chi connectivity index (χ0v) is 17.5. The number of carbonyl (C=O) groups is 1. The minimum atomic E-state index is -3.57. The molecule has 152 valence electrons. The maximum absolute atomic E-state index is 12.4. The largest absolute Gasteiger partial charge is 0.496 e. The highest BCUT2D eigenvalue weighted by Crippen LogP contribution is 2.23. The van der Waals surface area contributed by atoms with E-state index in [2.05, 4.69) is 5.32 Å². The second-order valence-corrected chi connectivity index (χ2v) is 8.42.